The molecule has 106 valence electrons. The van der Waals surface area contributed by atoms with E-state index in [-0.39, 0.29) is 11.3 Å². The molecule has 2 nitrogen and oxygen atoms in total. The average molecular weight is 291 g/mol. The van der Waals surface area contributed by atoms with Crippen LogP contribution in [-0.2, 0) is 11.8 Å². The highest BCUT2D eigenvalue weighted by atomic mass is 32.2. The molecule has 0 amide bonds. The van der Waals surface area contributed by atoms with Gasteiger partial charge in [-0.1, -0.05) is 13.8 Å². The van der Waals surface area contributed by atoms with E-state index in [1.807, 2.05) is 0 Å². The van der Waals surface area contributed by atoms with Crippen LogP contribution >= 0.6 is 11.8 Å². The molecule has 0 spiro atoms. The van der Waals surface area contributed by atoms with E-state index in [1.54, 1.807) is 13.8 Å². The summed E-state index contributed by atoms with van der Waals surface area (Å²) in [6.45, 7) is 3.61. The Morgan fingerprint density at radius 1 is 1.37 bits per heavy atom. The number of alkyl halides is 3. The van der Waals surface area contributed by atoms with Crippen LogP contribution in [0.15, 0.2) is 18.5 Å². The summed E-state index contributed by atoms with van der Waals surface area (Å²) in [7, 11) is 0. The summed E-state index contributed by atoms with van der Waals surface area (Å²) in [4.78, 5) is 3.78. The van der Waals surface area contributed by atoms with Gasteiger partial charge in [-0.3, -0.25) is 4.98 Å². The van der Waals surface area contributed by atoms with E-state index in [0.29, 0.717) is 6.42 Å². The summed E-state index contributed by atoms with van der Waals surface area (Å²) in [5.41, 5.74) is -3.02. The number of hydrogen-bond acceptors (Lipinski definition) is 3. The predicted octanol–water partition coefficient (Wildman–Crippen LogP) is 3.45. The van der Waals surface area contributed by atoms with Gasteiger partial charge in [0.25, 0.3) is 0 Å². The second-order valence-corrected chi connectivity index (χ2v) is 6.57. The van der Waals surface area contributed by atoms with Crippen molar-refractivity contribution in [2.24, 2.45) is 5.41 Å². The Hall–Kier alpha value is -0.750. The normalized spacial score (nSPS) is 27.3. The lowest BCUT2D eigenvalue weighted by atomic mass is 9.69. The standard InChI is InChI=1S/C13H16F3NOS/c1-11(2)4-6-19-8-12(11,18)10-7-17-5-3-9(10)13(14,15)16/h3,5,7,18H,4,6,8H2,1-2H3. The second-order valence-electron chi connectivity index (χ2n) is 5.47. The fraction of sp³-hybridized carbons (Fsp3) is 0.615. The fourth-order valence-corrected chi connectivity index (χ4v) is 4.00. The number of thioether (sulfide) groups is 1. The van der Waals surface area contributed by atoms with Crippen molar-refractivity contribution in [3.63, 3.8) is 0 Å². The van der Waals surface area contributed by atoms with E-state index < -0.39 is 22.8 Å². The van der Waals surface area contributed by atoms with Crippen molar-refractivity contribution < 1.29 is 18.3 Å². The maximum Gasteiger partial charge on any atom is 0.416 e. The smallest absolute Gasteiger partial charge is 0.384 e. The molecule has 0 bridgehead atoms. The number of halogens is 3. The molecule has 1 aliphatic heterocycles. The van der Waals surface area contributed by atoms with Crippen LogP contribution in [0.1, 0.15) is 31.4 Å². The van der Waals surface area contributed by atoms with Crippen molar-refractivity contribution in [1.82, 2.24) is 4.98 Å². The van der Waals surface area contributed by atoms with Crippen LogP contribution in [0.3, 0.4) is 0 Å². The average Bonchev–Trinajstić information content (AvgIpc) is 2.32. The molecule has 6 heteroatoms. The molecule has 0 aromatic carbocycles. The third kappa shape index (κ3) is 2.48. The van der Waals surface area contributed by atoms with Crippen LogP contribution < -0.4 is 0 Å². The Bertz CT molecular complexity index is 475. The molecule has 1 unspecified atom stereocenters. The van der Waals surface area contributed by atoms with Crippen molar-refractivity contribution in [2.75, 3.05) is 11.5 Å². The van der Waals surface area contributed by atoms with Gasteiger partial charge in [0.05, 0.1) is 5.56 Å². The number of aromatic nitrogens is 1. The summed E-state index contributed by atoms with van der Waals surface area (Å²) >= 11 is 1.47. The van der Waals surface area contributed by atoms with Crippen LogP contribution in [0.25, 0.3) is 0 Å². The molecule has 1 saturated heterocycles. The minimum Gasteiger partial charge on any atom is -0.384 e. The van der Waals surface area contributed by atoms with Gasteiger partial charge in [-0.2, -0.15) is 24.9 Å². The molecule has 1 N–H and O–H groups in total. The number of pyridine rings is 1. The Labute approximate surface area is 114 Å². The van der Waals surface area contributed by atoms with Crippen molar-refractivity contribution in [2.45, 2.75) is 32.0 Å². The second kappa shape index (κ2) is 4.66. The molecule has 1 aliphatic rings. The van der Waals surface area contributed by atoms with E-state index in [4.69, 9.17) is 0 Å². The quantitative estimate of drug-likeness (QED) is 0.860. The molecule has 1 fully saturated rings. The Balaban J connectivity index is 2.57. The highest BCUT2D eigenvalue weighted by Crippen LogP contribution is 2.50. The Kier molecular flexibility index (Phi) is 3.60. The molecule has 2 heterocycles. The third-order valence-corrected chi connectivity index (χ3v) is 4.99. The van der Waals surface area contributed by atoms with Gasteiger partial charge in [0, 0.05) is 23.7 Å². The first-order valence-electron chi connectivity index (χ1n) is 6.00. The van der Waals surface area contributed by atoms with Gasteiger partial charge >= 0.3 is 6.18 Å². The SMILES string of the molecule is CC1(C)CCSCC1(O)c1cnccc1C(F)(F)F. The van der Waals surface area contributed by atoms with Crippen LogP contribution in [-0.4, -0.2) is 21.6 Å². The van der Waals surface area contributed by atoms with Gasteiger partial charge < -0.3 is 5.11 Å². The van der Waals surface area contributed by atoms with Gasteiger partial charge in [0.1, 0.15) is 5.60 Å². The molecule has 19 heavy (non-hydrogen) atoms. The zero-order valence-electron chi connectivity index (χ0n) is 10.8. The first kappa shape index (κ1) is 14.7. The van der Waals surface area contributed by atoms with Crippen LogP contribution in [0.5, 0.6) is 0 Å². The largest absolute Gasteiger partial charge is 0.416 e. The first-order valence-corrected chi connectivity index (χ1v) is 7.16. The summed E-state index contributed by atoms with van der Waals surface area (Å²) in [6, 6.07) is 0.933. The molecule has 0 saturated carbocycles. The third-order valence-electron chi connectivity index (χ3n) is 3.87. The summed E-state index contributed by atoms with van der Waals surface area (Å²) in [5.74, 6) is 1.10. The highest BCUT2D eigenvalue weighted by molar-refractivity contribution is 7.99. The lowest BCUT2D eigenvalue weighted by molar-refractivity contribution is -0.143. The topological polar surface area (TPSA) is 33.1 Å². The molecule has 0 aliphatic carbocycles. The predicted molar refractivity (Wildman–Crippen MR) is 68.9 cm³/mol. The van der Waals surface area contributed by atoms with E-state index in [0.717, 1.165) is 24.2 Å². The molecule has 0 radical (unpaired) electrons. The molecule has 1 atom stereocenters. The van der Waals surface area contributed by atoms with E-state index in [2.05, 4.69) is 4.98 Å². The van der Waals surface area contributed by atoms with Crippen molar-refractivity contribution in [1.29, 1.82) is 0 Å². The number of rotatable bonds is 1. The maximum atomic E-state index is 13.1. The van der Waals surface area contributed by atoms with Crippen molar-refractivity contribution in [3.05, 3.63) is 29.6 Å². The minimum absolute atomic E-state index is 0.111. The Morgan fingerprint density at radius 3 is 2.63 bits per heavy atom. The lowest BCUT2D eigenvalue weighted by Crippen LogP contribution is -2.48. The summed E-state index contributed by atoms with van der Waals surface area (Å²) in [6.07, 6.45) is -1.55. The van der Waals surface area contributed by atoms with Gasteiger partial charge in [-0.05, 0) is 23.7 Å². The van der Waals surface area contributed by atoms with E-state index in [1.165, 1.54) is 11.8 Å². The maximum absolute atomic E-state index is 13.1. The van der Waals surface area contributed by atoms with E-state index >= 15 is 0 Å². The highest BCUT2D eigenvalue weighted by Gasteiger charge is 2.50. The first-order chi connectivity index (χ1) is 8.68. The number of nitrogens with zero attached hydrogens (tertiary/aromatic N) is 1. The molecule has 1 aromatic heterocycles. The number of aliphatic hydroxyl groups is 1. The number of hydrogen-bond donors (Lipinski definition) is 1. The van der Waals surface area contributed by atoms with Crippen molar-refractivity contribution in [3.8, 4) is 0 Å². The fourth-order valence-electron chi connectivity index (χ4n) is 2.36. The molecule has 1 aromatic rings. The lowest BCUT2D eigenvalue weighted by Gasteiger charge is -2.47. The summed E-state index contributed by atoms with van der Waals surface area (Å²) in [5, 5.41) is 10.9. The molecular formula is C13H16F3NOS. The molecular weight excluding hydrogens is 275 g/mol. The van der Waals surface area contributed by atoms with Crippen LogP contribution in [0.2, 0.25) is 0 Å². The van der Waals surface area contributed by atoms with Gasteiger partial charge in [0.15, 0.2) is 0 Å². The zero-order valence-corrected chi connectivity index (χ0v) is 11.6. The molecule has 2 rings (SSSR count). The van der Waals surface area contributed by atoms with Gasteiger partial charge in [-0.25, -0.2) is 0 Å². The van der Waals surface area contributed by atoms with Crippen molar-refractivity contribution >= 4 is 11.8 Å². The minimum atomic E-state index is -4.48. The van der Waals surface area contributed by atoms with E-state index in [9.17, 15) is 18.3 Å². The summed E-state index contributed by atoms with van der Waals surface area (Å²) < 4.78 is 39.2. The van der Waals surface area contributed by atoms with Crippen LogP contribution in [0, 0.1) is 5.41 Å². The van der Waals surface area contributed by atoms with Gasteiger partial charge in [-0.15, -0.1) is 0 Å². The van der Waals surface area contributed by atoms with Crippen LogP contribution in [0.4, 0.5) is 13.2 Å². The monoisotopic (exact) mass is 291 g/mol. The zero-order chi connectivity index (χ0) is 14.3. The Morgan fingerprint density at radius 2 is 2.05 bits per heavy atom. The van der Waals surface area contributed by atoms with Gasteiger partial charge in [0.2, 0.25) is 0 Å².